The molecule has 0 aliphatic heterocycles. The molecule has 1 aromatic carbocycles. The van der Waals surface area contributed by atoms with Crippen LogP contribution in [-0.4, -0.2) is 31.4 Å². The van der Waals surface area contributed by atoms with E-state index in [1.807, 2.05) is 0 Å². The van der Waals surface area contributed by atoms with Gasteiger partial charge in [-0.1, -0.05) is 6.07 Å². The van der Waals surface area contributed by atoms with E-state index < -0.39 is 0 Å². The van der Waals surface area contributed by atoms with Crippen LogP contribution in [0.25, 0.3) is 0 Å². The molecular weight excluding hydrogens is 238 g/mol. The van der Waals surface area contributed by atoms with Gasteiger partial charge in [0, 0.05) is 13.1 Å². The summed E-state index contributed by atoms with van der Waals surface area (Å²) in [6.07, 6.45) is 3.80. The Morgan fingerprint density at radius 2 is 1.79 bits per heavy atom. The van der Waals surface area contributed by atoms with Crippen LogP contribution >= 0.6 is 0 Å². The molecule has 1 aromatic rings. The maximum atomic E-state index is 9.63. The molecule has 3 heteroatoms. The van der Waals surface area contributed by atoms with Crippen molar-refractivity contribution < 1.29 is 9.84 Å². The van der Waals surface area contributed by atoms with Gasteiger partial charge in [0.25, 0.3) is 0 Å². The number of hydrogen-bond acceptors (Lipinski definition) is 3. The Labute approximate surface area is 116 Å². The minimum Gasteiger partial charge on any atom is -0.494 e. The van der Waals surface area contributed by atoms with Gasteiger partial charge in [0.15, 0.2) is 0 Å². The number of benzene rings is 1. The topological polar surface area (TPSA) is 32.7 Å². The molecule has 3 nitrogen and oxygen atoms in total. The second-order valence-electron chi connectivity index (χ2n) is 5.71. The van der Waals surface area contributed by atoms with Crippen molar-refractivity contribution in [2.24, 2.45) is 0 Å². The molecule has 0 unspecified atom stereocenters. The maximum absolute atomic E-state index is 9.63. The number of nitrogens with zero attached hydrogens (tertiary/aromatic N) is 1. The van der Waals surface area contributed by atoms with E-state index in [1.54, 1.807) is 7.11 Å². The average Bonchev–Trinajstić information content (AvgIpc) is 2.38. The molecule has 0 atom stereocenters. The second-order valence-corrected chi connectivity index (χ2v) is 5.71. The molecule has 106 valence electrons. The first-order valence-corrected chi connectivity index (χ1v) is 7.09. The molecular formula is C16H25NO2. The lowest BCUT2D eigenvalue weighted by atomic mass is 9.91. The molecule has 0 saturated heterocycles. The van der Waals surface area contributed by atoms with E-state index in [9.17, 15) is 5.11 Å². The molecule has 0 heterocycles. The highest BCUT2D eigenvalue weighted by molar-refractivity contribution is 5.63. The van der Waals surface area contributed by atoms with Crippen molar-refractivity contribution >= 4 is 5.69 Å². The smallest absolute Gasteiger partial charge is 0.145 e. The SMILES string of the molecule is COc1c(C)cc(C)cc1N(C)C1CCC(O)CC1. The summed E-state index contributed by atoms with van der Waals surface area (Å²) in [7, 11) is 3.87. The molecule has 0 aromatic heterocycles. The molecule has 1 N–H and O–H groups in total. The zero-order valence-electron chi connectivity index (χ0n) is 12.4. The fraction of sp³-hybridized carbons (Fsp3) is 0.625. The van der Waals surface area contributed by atoms with Crippen LogP contribution in [0.5, 0.6) is 5.75 Å². The highest BCUT2D eigenvalue weighted by Gasteiger charge is 2.24. The van der Waals surface area contributed by atoms with Gasteiger partial charge in [0.1, 0.15) is 5.75 Å². The Morgan fingerprint density at radius 3 is 2.37 bits per heavy atom. The summed E-state index contributed by atoms with van der Waals surface area (Å²) < 4.78 is 5.57. The first-order valence-electron chi connectivity index (χ1n) is 7.09. The summed E-state index contributed by atoms with van der Waals surface area (Å²) in [4.78, 5) is 2.32. The van der Waals surface area contributed by atoms with Crippen LogP contribution < -0.4 is 9.64 Å². The third-order valence-electron chi connectivity index (χ3n) is 4.20. The van der Waals surface area contributed by atoms with E-state index in [2.05, 4.69) is 37.9 Å². The molecule has 2 rings (SSSR count). The molecule has 19 heavy (non-hydrogen) atoms. The van der Waals surface area contributed by atoms with Crippen molar-refractivity contribution in [1.82, 2.24) is 0 Å². The van der Waals surface area contributed by atoms with Crippen LogP contribution in [0, 0.1) is 13.8 Å². The van der Waals surface area contributed by atoms with E-state index in [0.29, 0.717) is 6.04 Å². The van der Waals surface area contributed by atoms with Gasteiger partial charge < -0.3 is 14.7 Å². The summed E-state index contributed by atoms with van der Waals surface area (Å²) in [6, 6.07) is 4.84. The minimum atomic E-state index is -0.106. The van der Waals surface area contributed by atoms with Crippen molar-refractivity contribution in [2.45, 2.75) is 51.7 Å². The Morgan fingerprint density at radius 1 is 1.16 bits per heavy atom. The molecule has 1 aliphatic rings. The third-order valence-corrected chi connectivity index (χ3v) is 4.20. The lowest BCUT2D eigenvalue weighted by molar-refractivity contribution is 0.122. The van der Waals surface area contributed by atoms with Crippen molar-refractivity contribution in [1.29, 1.82) is 0 Å². The number of ether oxygens (including phenoxy) is 1. The van der Waals surface area contributed by atoms with Gasteiger partial charge in [-0.25, -0.2) is 0 Å². The molecule has 0 amide bonds. The molecule has 0 radical (unpaired) electrons. The second kappa shape index (κ2) is 5.83. The monoisotopic (exact) mass is 263 g/mol. The Kier molecular flexibility index (Phi) is 4.35. The number of aliphatic hydroxyl groups excluding tert-OH is 1. The molecule has 0 bridgehead atoms. The predicted octanol–water partition coefficient (Wildman–Crippen LogP) is 3.05. The summed E-state index contributed by atoms with van der Waals surface area (Å²) in [5.41, 5.74) is 3.61. The molecule has 1 fully saturated rings. The van der Waals surface area contributed by atoms with Gasteiger partial charge in [0.05, 0.1) is 18.9 Å². The fourth-order valence-corrected chi connectivity index (χ4v) is 3.10. The van der Waals surface area contributed by atoms with Gasteiger partial charge in [0.2, 0.25) is 0 Å². The van der Waals surface area contributed by atoms with Crippen LogP contribution in [0.4, 0.5) is 5.69 Å². The zero-order valence-corrected chi connectivity index (χ0v) is 12.4. The number of anilines is 1. The molecule has 1 aliphatic carbocycles. The Bertz CT molecular complexity index is 437. The van der Waals surface area contributed by atoms with Crippen LogP contribution in [0.15, 0.2) is 12.1 Å². The van der Waals surface area contributed by atoms with Crippen LogP contribution in [0.1, 0.15) is 36.8 Å². The average molecular weight is 263 g/mol. The lowest BCUT2D eigenvalue weighted by Crippen LogP contribution is -2.36. The molecule has 1 saturated carbocycles. The van der Waals surface area contributed by atoms with Crippen LogP contribution in [0.2, 0.25) is 0 Å². The Hall–Kier alpha value is -1.22. The largest absolute Gasteiger partial charge is 0.494 e. The van der Waals surface area contributed by atoms with E-state index in [-0.39, 0.29) is 6.10 Å². The van der Waals surface area contributed by atoms with E-state index >= 15 is 0 Å². The van der Waals surface area contributed by atoms with Crippen molar-refractivity contribution in [3.63, 3.8) is 0 Å². The normalized spacial score (nSPS) is 23.2. The third kappa shape index (κ3) is 3.03. The lowest BCUT2D eigenvalue weighted by Gasteiger charge is -2.35. The van der Waals surface area contributed by atoms with Gasteiger partial charge in [-0.2, -0.15) is 0 Å². The highest BCUT2D eigenvalue weighted by Crippen LogP contribution is 2.36. The number of hydrogen-bond donors (Lipinski definition) is 1. The molecule has 0 spiro atoms. The predicted molar refractivity (Wildman–Crippen MR) is 79.1 cm³/mol. The maximum Gasteiger partial charge on any atom is 0.145 e. The zero-order chi connectivity index (χ0) is 14.0. The van der Waals surface area contributed by atoms with Gasteiger partial charge >= 0.3 is 0 Å². The van der Waals surface area contributed by atoms with E-state index in [0.717, 1.165) is 31.4 Å². The summed E-state index contributed by atoms with van der Waals surface area (Å²) in [5, 5.41) is 9.63. The number of aliphatic hydroxyl groups is 1. The van der Waals surface area contributed by atoms with Crippen LogP contribution in [0.3, 0.4) is 0 Å². The van der Waals surface area contributed by atoms with Crippen molar-refractivity contribution in [3.05, 3.63) is 23.3 Å². The standard InChI is InChI=1S/C16H25NO2/c1-11-9-12(2)16(19-4)15(10-11)17(3)13-5-7-14(18)8-6-13/h9-10,13-14,18H,5-8H2,1-4H3. The number of aryl methyl sites for hydroxylation is 2. The first-order chi connectivity index (χ1) is 9.02. The highest BCUT2D eigenvalue weighted by atomic mass is 16.5. The van der Waals surface area contributed by atoms with Gasteiger partial charge in [-0.15, -0.1) is 0 Å². The summed E-state index contributed by atoms with van der Waals surface area (Å²) in [6.45, 7) is 4.21. The summed E-state index contributed by atoms with van der Waals surface area (Å²) in [5.74, 6) is 0.972. The Balaban J connectivity index is 2.25. The van der Waals surface area contributed by atoms with E-state index in [1.165, 1.54) is 16.8 Å². The summed E-state index contributed by atoms with van der Waals surface area (Å²) >= 11 is 0. The van der Waals surface area contributed by atoms with Gasteiger partial charge in [-0.05, 0) is 56.7 Å². The number of methoxy groups -OCH3 is 1. The van der Waals surface area contributed by atoms with E-state index in [4.69, 9.17) is 4.74 Å². The quantitative estimate of drug-likeness (QED) is 0.909. The fourth-order valence-electron chi connectivity index (χ4n) is 3.10. The van der Waals surface area contributed by atoms with Crippen LogP contribution in [-0.2, 0) is 0 Å². The minimum absolute atomic E-state index is 0.106. The van der Waals surface area contributed by atoms with Crippen molar-refractivity contribution in [3.8, 4) is 5.75 Å². The first kappa shape index (κ1) is 14.2. The number of rotatable bonds is 3. The van der Waals surface area contributed by atoms with Gasteiger partial charge in [-0.3, -0.25) is 0 Å². The van der Waals surface area contributed by atoms with Crippen molar-refractivity contribution in [2.75, 3.05) is 19.1 Å².